The maximum Gasteiger partial charge on any atom is 0.266 e. The molecular weight excluding hydrogens is 346 g/mol. The lowest BCUT2D eigenvalue weighted by atomic mass is 10.2. The topological polar surface area (TPSA) is 94.5 Å². The minimum Gasteiger partial charge on any atom is -0.385 e. The van der Waals surface area contributed by atoms with Crippen LogP contribution in [-0.2, 0) is 13.1 Å². The second kappa shape index (κ2) is 6.99. The van der Waals surface area contributed by atoms with Crippen molar-refractivity contribution in [3.63, 3.8) is 0 Å². The molecule has 2 aromatic heterocycles. The Bertz CT molecular complexity index is 845. The van der Waals surface area contributed by atoms with Crippen LogP contribution in [-0.4, -0.2) is 62.8 Å². The maximum atomic E-state index is 12.6. The van der Waals surface area contributed by atoms with E-state index in [2.05, 4.69) is 10.1 Å². The number of carbonyl (C=O) groups is 1. The van der Waals surface area contributed by atoms with E-state index in [0.29, 0.717) is 37.4 Å². The van der Waals surface area contributed by atoms with Crippen molar-refractivity contribution in [1.29, 1.82) is 0 Å². The van der Waals surface area contributed by atoms with Gasteiger partial charge in [0.25, 0.3) is 11.5 Å². The molecule has 3 rings (SSSR count). The third-order valence-electron chi connectivity index (χ3n) is 4.09. The van der Waals surface area contributed by atoms with Crippen LogP contribution in [0.15, 0.2) is 23.1 Å². The number of pyridine rings is 1. The van der Waals surface area contributed by atoms with Crippen LogP contribution in [0.1, 0.15) is 27.8 Å². The summed E-state index contributed by atoms with van der Waals surface area (Å²) in [5, 5.41) is 14.6. The standard InChI is InChI=1S/C16H20ClN5O3/c1-20(2)9-14(23)13-6-11-8-21(3-4-22(11)19-13)16(25)10-5-12(17)15(24)18-7-10/h5-7,14,23H,3-4,8-9H2,1-2H3,(H,18,24). The summed E-state index contributed by atoms with van der Waals surface area (Å²) >= 11 is 5.80. The average Bonchev–Trinajstić information content (AvgIpc) is 2.99. The molecule has 1 unspecified atom stereocenters. The lowest BCUT2D eigenvalue weighted by Crippen LogP contribution is -2.38. The number of aromatic nitrogens is 3. The monoisotopic (exact) mass is 365 g/mol. The average molecular weight is 366 g/mol. The number of hydrogen-bond acceptors (Lipinski definition) is 5. The van der Waals surface area contributed by atoms with E-state index in [-0.39, 0.29) is 10.9 Å². The molecule has 1 aliphatic rings. The minimum atomic E-state index is -0.671. The quantitative estimate of drug-likeness (QED) is 0.821. The minimum absolute atomic E-state index is 0.0120. The molecular formula is C16H20ClN5O3. The van der Waals surface area contributed by atoms with Crippen molar-refractivity contribution >= 4 is 17.5 Å². The maximum absolute atomic E-state index is 12.6. The smallest absolute Gasteiger partial charge is 0.266 e. The van der Waals surface area contributed by atoms with Crippen LogP contribution >= 0.6 is 11.6 Å². The lowest BCUT2D eigenvalue weighted by molar-refractivity contribution is 0.0705. The predicted octanol–water partition coefficient (Wildman–Crippen LogP) is 0.476. The van der Waals surface area contributed by atoms with E-state index in [1.54, 1.807) is 4.90 Å². The number of nitrogens with one attached hydrogen (secondary N) is 1. The van der Waals surface area contributed by atoms with Crippen LogP contribution in [0.3, 0.4) is 0 Å². The Kier molecular flexibility index (Phi) is 4.94. The van der Waals surface area contributed by atoms with Crippen LogP contribution in [0.25, 0.3) is 0 Å². The van der Waals surface area contributed by atoms with Gasteiger partial charge >= 0.3 is 0 Å². The fourth-order valence-electron chi connectivity index (χ4n) is 2.83. The van der Waals surface area contributed by atoms with E-state index in [0.717, 1.165) is 5.69 Å². The van der Waals surface area contributed by atoms with Gasteiger partial charge in [-0.1, -0.05) is 11.6 Å². The molecule has 0 radical (unpaired) electrons. The van der Waals surface area contributed by atoms with Gasteiger partial charge in [0.2, 0.25) is 0 Å². The summed E-state index contributed by atoms with van der Waals surface area (Å²) in [4.78, 5) is 30.0. The molecule has 25 heavy (non-hydrogen) atoms. The summed E-state index contributed by atoms with van der Waals surface area (Å²) in [6.45, 7) is 1.91. The van der Waals surface area contributed by atoms with Crippen molar-refractivity contribution in [2.24, 2.45) is 0 Å². The number of hydrogen-bond donors (Lipinski definition) is 2. The van der Waals surface area contributed by atoms with Crippen LogP contribution in [0.4, 0.5) is 0 Å². The molecule has 9 heteroatoms. The molecule has 2 N–H and O–H groups in total. The summed E-state index contributed by atoms with van der Waals surface area (Å²) in [7, 11) is 3.77. The van der Waals surface area contributed by atoms with Crippen LogP contribution in [0, 0.1) is 0 Å². The van der Waals surface area contributed by atoms with E-state index < -0.39 is 11.7 Å². The molecule has 1 atom stereocenters. The molecule has 0 aliphatic carbocycles. The molecule has 1 amide bonds. The molecule has 1 aliphatic heterocycles. The second-order valence-corrected chi connectivity index (χ2v) is 6.76. The molecule has 0 fully saturated rings. The van der Waals surface area contributed by atoms with Gasteiger partial charge in [-0.15, -0.1) is 0 Å². The highest BCUT2D eigenvalue weighted by Gasteiger charge is 2.25. The third kappa shape index (κ3) is 3.76. The van der Waals surface area contributed by atoms with E-state index in [9.17, 15) is 14.7 Å². The Hall–Kier alpha value is -2.16. The number of aliphatic hydroxyl groups excluding tert-OH is 1. The molecule has 0 aromatic carbocycles. The zero-order valence-corrected chi connectivity index (χ0v) is 14.8. The Morgan fingerprint density at radius 2 is 2.20 bits per heavy atom. The number of carbonyl (C=O) groups excluding carboxylic acids is 1. The number of H-pyrrole nitrogens is 1. The Balaban J connectivity index is 1.76. The van der Waals surface area contributed by atoms with Gasteiger partial charge in [-0.05, 0) is 26.2 Å². The van der Waals surface area contributed by atoms with Gasteiger partial charge in [-0.2, -0.15) is 5.10 Å². The summed E-state index contributed by atoms with van der Waals surface area (Å²) in [6, 6.07) is 3.20. The van der Waals surface area contributed by atoms with Gasteiger partial charge in [-0.3, -0.25) is 14.3 Å². The van der Waals surface area contributed by atoms with Crippen LogP contribution < -0.4 is 5.56 Å². The van der Waals surface area contributed by atoms with Gasteiger partial charge < -0.3 is 19.9 Å². The lowest BCUT2D eigenvalue weighted by Gasteiger charge is -2.27. The number of fused-ring (bicyclic) bond motifs is 1. The molecule has 134 valence electrons. The number of nitrogens with zero attached hydrogens (tertiary/aromatic N) is 4. The summed E-state index contributed by atoms with van der Waals surface area (Å²) in [5.41, 5.74) is 1.38. The fraction of sp³-hybridized carbons (Fsp3) is 0.438. The normalized spacial score (nSPS) is 15.3. The first-order valence-corrected chi connectivity index (χ1v) is 8.30. The molecule has 0 saturated carbocycles. The van der Waals surface area contributed by atoms with Gasteiger partial charge in [0, 0.05) is 19.3 Å². The second-order valence-electron chi connectivity index (χ2n) is 6.35. The Labute approximate surface area is 149 Å². The first-order valence-electron chi connectivity index (χ1n) is 7.92. The Morgan fingerprint density at radius 3 is 2.88 bits per heavy atom. The number of aromatic amines is 1. The number of amides is 1. The molecule has 3 heterocycles. The van der Waals surface area contributed by atoms with Gasteiger partial charge in [0.1, 0.15) is 11.1 Å². The van der Waals surface area contributed by atoms with E-state index in [1.807, 2.05) is 29.7 Å². The largest absolute Gasteiger partial charge is 0.385 e. The fourth-order valence-corrected chi connectivity index (χ4v) is 3.00. The molecule has 8 nitrogen and oxygen atoms in total. The Morgan fingerprint density at radius 1 is 1.44 bits per heavy atom. The van der Waals surface area contributed by atoms with Gasteiger partial charge in [0.05, 0.1) is 30.0 Å². The molecule has 0 bridgehead atoms. The van der Waals surface area contributed by atoms with E-state index in [4.69, 9.17) is 11.6 Å². The SMILES string of the molecule is CN(C)CC(O)c1cc2n(n1)CCN(C(=O)c1c[nH]c(=O)c(Cl)c1)C2. The third-order valence-corrected chi connectivity index (χ3v) is 4.37. The van der Waals surface area contributed by atoms with Crippen molar-refractivity contribution in [2.75, 3.05) is 27.2 Å². The van der Waals surface area contributed by atoms with Crippen LogP contribution in [0.5, 0.6) is 0 Å². The number of rotatable bonds is 4. The number of aliphatic hydroxyl groups is 1. The van der Waals surface area contributed by atoms with Crippen molar-refractivity contribution in [1.82, 2.24) is 24.6 Å². The number of halogens is 1. The number of likely N-dealkylation sites (N-methyl/N-ethyl adjacent to an activating group) is 1. The van der Waals surface area contributed by atoms with Crippen LogP contribution in [0.2, 0.25) is 5.02 Å². The molecule has 0 saturated heterocycles. The summed E-state index contributed by atoms with van der Waals surface area (Å²) in [6.07, 6.45) is 0.699. The van der Waals surface area contributed by atoms with Crippen molar-refractivity contribution in [3.05, 3.63) is 50.7 Å². The van der Waals surface area contributed by atoms with Crippen molar-refractivity contribution < 1.29 is 9.90 Å². The predicted molar refractivity (Wildman–Crippen MR) is 92.6 cm³/mol. The zero-order valence-electron chi connectivity index (χ0n) is 14.1. The van der Waals surface area contributed by atoms with Gasteiger partial charge in [-0.25, -0.2) is 0 Å². The molecule has 2 aromatic rings. The highest BCUT2D eigenvalue weighted by molar-refractivity contribution is 6.30. The highest BCUT2D eigenvalue weighted by Crippen LogP contribution is 2.20. The van der Waals surface area contributed by atoms with Gasteiger partial charge in [0.15, 0.2) is 0 Å². The zero-order chi connectivity index (χ0) is 18.1. The van der Waals surface area contributed by atoms with Crippen molar-refractivity contribution in [2.45, 2.75) is 19.2 Å². The first-order chi connectivity index (χ1) is 11.8. The first kappa shape index (κ1) is 17.7. The highest BCUT2D eigenvalue weighted by atomic mass is 35.5. The van der Waals surface area contributed by atoms with E-state index >= 15 is 0 Å². The molecule has 0 spiro atoms. The van der Waals surface area contributed by atoms with E-state index in [1.165, 1.54) is 12.3 Å². The summed E-state index contributed by atoms with van der Waals surface area (Å²) < 4.78 is 1.82. The summed E-state index contributed by atoms with van der Waals surface area (Å²) in [5.74, 6) is -0.207. The van der Waals surface area contributed by atoms with Crippen molar-refractivity contribution in [3.8, 4) is 0 Å².